The van der Waals surface area contributed by atoms with Gasteiger partial charge in [-0.05, 0) is 62.8 Å². The van der Waals surface area contributed by atoms with Crippen molar-refractivity contribution in [3.63, 3.8) is 0 Å². The van der Waals surface area contributed by atoms with E-state index in [1.54, 1.807) is 11.3 Å². The molecule has 0 unspecified atom stereocenters. The van der Waals surface area contributed by atoms with Gasteiger partial charge in [0.15, 0.2) is 5.96 Å². The second-order valence-corrected chi connectivity index (χ2v) is 8.76. The average molecular weight is 429 g/mol. The zero-order chi connectivity index (χ0) is 21.5. The van der Waals surface area contributed by atoms with Crippen molar-refractivity contribution >= 4 is 23.2 Å². The van der Waals surface area contributed by atoms with Crippen molar-refractivity contribution in [1.29, 1.82) is 0 Å². The van der Waals surface area contributed by atoms with Crippen LogP contribution in [0.5, 0.6) is 5.75 Å². The van der Waals surface area contributed by atoms with Crippen LogP contribution in [0.3, 0.4) is 0 Å². The van der Waals surface area contributed by atoms with Crippen molar-refractivity contribution in [3.8, 4) is 5.75 Å². The molecule has 0 spiro atoms. The third-order valence-electron chi connectivity index (χ3n) is 4.90. The largest absolute Gasteiger partial charge is 0.491 e. The molecule has 3 rings (SSSR count). The summed E-state index contributed by atoms with van der Waals surface area (Å²) >= 11 is 1.78. The topological polar surface area (TPSA) is 66.0 Å². The highest BCUT2D eigenvalue weighted by Crippen LogP contribution is 2.24. The molecule has 1 aromatic carbocycles. The number of carbonyl (C=O) groups is 1. The highest BCUT2D eigenvalue weighted by atomic mass is 32.1. The number of carbonyl (C=O) groups excluding carboxylic acids is 1. The molecular formula is C23H32N4O2S. The fraction of sp³-hybridized carbons (Fsp3) is 0.478. The molecule has 0 saturated carbocycles. The van der Waals surface area contributed by atoms with Gasteiger partial charge in [-0.15, -0.1) is 11.3 Å². The first-order valence-corrected chi connectivity index (χ1v) is 11.5. The molecule has 0 fully saturated rings. The SMILES string of the molecule is CCNC(=NCc1ccc(C)cc1OC(C)C)NCC(=O)N1CCc2sccc2C1. The van der Waals surface area contributed by atoms with Crippen molar-refractivity contribution in [2.24, 2.45) is 4.99 Å². The molecule has 162 valence electrons. The first-order valence-electron chi connectivity index (χ1n) is 10.6. The van der Waals surface area contributed by atoms with Crippen molar-refractivity contribution in [1.82, 2.24) is 15.5 Å². The van der Waals surface area contributed by atoms with Crippen LogP contribution < -0.4 is 15.4 Å². The Labute approximate surface area is 183 Å². The summed E-state index contributed by atoms with van der Waals surface area (Å²) in [7, 11) is 0. The number of thiophene rings is 1. The minimum Gasteiger partial charge on any atom is -0.491 e. The van der Waals surface area contributed by atoms with Crippen LogP contribution in [0.4, 0.5) is 0 Å². The van der Waals surface area contributed by atoms with Gasteiger partial charge in [0.25, 0.3) is 0 Å². The summed E-state index contributed by atoms with van der Waals surface area (Å²) in [5, 5.41) is 8.52. The van der Waals surface area contributed by atoms with Gasteiger partial charge >= 0.3 is 0 Å². The van der Waals surface area contributed by atoms with E-state index >= 15 is 0 Å². The Morgan fingerprint density at radius 3 is 2.90 bits per heavy atom. The van der Waals surface area contributed by atoms with Gasteiger partial charge < -0.3 is 20.3 Å². The first-order chi connectivity index (χ1) is 14.5. The number of nitrogens with one attached hydrogen (secondary N) is 2. The number of amides is 1. The molecule has 1 aliphatic rings. The Balaban J connectivity index is 1.60. The number of hydrogen-bond donors (Lipinski definition) is 2. The van der Waals surface area contributed by atoms with Crippen LogP contribution in [-0.4, -0.2) is 42.5 Å². The Bertz CT molecular complexity index is 891. The number of ether oxygens (including phenoxy) is 1. The van der Waals surface area contributed by atoms with E-state index in [2.05, 4.69) is 46.1 Å². The van der Waals surface area contributed by atoms with E-state index in [0.29, 0.717) is 19.0 Å². The summed E-state index contributed by atoms with van der Waals surface area (Å²) in [4.78, 5) is 20.7. The molecule has 1 aliphatic heterocycles. The smallest absolute Gasteiger partial charge is 0.242 e. The van der Waals surface area contributed by atoms with Gasteiger partial charge in [0.1, 0.15) is 5.75 Å². The predicted molar refractivity (Wildman–Crippen MR) is 123 cm³/mol. The lowest BCUT2D eigenvalue weighted by Crippen LogP contribution is -2.45. The maximum atomic E-state index is 12.7. The van der Waals surface area contributed by atoms with Crippen molar-refractivity contribution < 1.29 is 9.53 Å². The first kappa shape index (κ1) is 22.2. The molecule has 0 radical (unpaired) electrons. The molecule has 1 amide bonds. The number of hydrogen-bond acceptors (Lipinski definition) is 4. The molecule has 0 atom stereocenters. The lowest BCUT2D eigenvalue weighted by atomic mass is 10.1. The highest BCUT2D eigenvalue weighted by Gasteiger charge is 2.21. The fourth-order valence-corrected chi connectivity index (χ4v) is 4.28. The maximum Gasteiger partial charge on any atom is 0.242 e. The van der Waals surface area contributed by atoms with Gasteiger partial charge in [0.2, 0.25) is 5.91 Å². The molecule has 7 heteroatoms. The summed E-state index contributed by atoms with van der Waals surface area (Å²) in [5.74, 6) is 1.59. The minimum atomic E-state index is 0.0941. The Kier molecular flexibility index (Phi) is 7.74. The average Bonchev–Trinajstić information content (AvgIpc) is 3.18. The number of aliphatic imine (C=N–C) groups is 1. The molecule has 1 aromatic heterocycles. The third-order valence-corrected chi connectivity index (χ3v) is 5.93. The standard InChI is InChI=1S/C23H32N4O2S/c1-5-24-23(25-13-18-7-6-17(4)12-20(18)29-16(2)3)26-14-22(28)27-10-8-21-19(15-27)9-11-30-21/h6-7,9,11-12,16H,5,8,10,13-15H2,1-4H3,(H2,24,25,26). The van der Waals surface area contributed by atoms with Gasteiger partial charge in [-0.3, -0.25) is 4.79 Å². The zero-order valence-electron chi connectivity index (χ0n) is 18.3. The van der Waals surface area contributed by atoms with E-state index in [1.165, 1.54) is 10.4 Å². The number of fused-ring (bicyclic) bond motifs is 1. The quantitative estimate of drug-likeness (QED) is 0.523. The summed E-state index contributed by atoms with van der Waals surface area (Å²) in [6.07, 6.45) is 1.05. The summed E-state index contributed by atoms with van der Waals surface area (Å²) in [6, 6.07) is 8.29. The van der Waals surface area contributed by atoms with Gasteiger partial charge in [0, 0.05) is 30.1 Å². The van der Waals surface area contributed by atoms with Crippen LogP contribution in [0, 0.1) is 6.92 Å². The predicted octanol–water partition coefficient (Wildman–Crippen LogP) is 3.48. The molecule has 0 aliphatic carbocycles. The second-order valence-electron chi connectivity index (χ2n) is 7.76. The molecular weight excluding hydrogens is 396 g/mol. The Morgan fingerprint density at radius 2 is 2.13 bits per heavy atom. The molecule has 0 saturated heterocycles. The van der Waals surface area contributed by atoms with E-state index in [-0.39, 0.29) is 18.6 Å². The molecule has 2 heterocycles. The monoisotopic (exact) mass is 428 g/mol. The van der Waals surface area contributed by atoms with Crippen LogP contribution in [0.2, 0.25) is 0 Å². The van der Waals surface area contributed by atoms with Gasteiger partial charge in [-0.2, -0.15) is 0 Å². The Hall–Kier alpha value is -2.54. The van der Waals surface area contributed by atoms with Crippen LogP contribution >= 0.6 is 11.3 Å². The minimum absolute atomic E-state index is 0.0941. The van der Waals surface area contributed by atoms with Crippen LogP contribution in [0.1, 0.15) is 42.3 Å². The fourth-order valence-electron chi connectivity index (χ4n) is 3.39. The van der Waals surface area contributed by atoms with E-state index in [4.69, 9.17) is 4.74 Å². The Morgan fingerprint density at radius 1 is 1.30 bits per heavy atom. The normalized spacial score (nSPS) is 13.9. The number of rotatable bonds is 7. The van der Waals surface area contributed by atoms with Gasteiger partial charge in [0.05, 0.1) is 19.2 Å². The summed E-state index contributed by atoms with van der Waals surface area (Å²) < 4.78 is 5.95. The lowest BCUT2D eigenvalue weighted by Gasteiger charge is -2.27. The lowest BCUT2D eigenvalue weighted by molar-refractivity contribution is -0.130. The van der Waals surface area contributed by atoms with Crippen molar-refractivity contribution in [2.75, 3.05) is 19.6 Å². The van der Waals surface area contributed by atoms with Crippen molar-refractivity contribution in [3.05, 3.63) is 51.2 Å². The summed E-state index contributed by atoms with van der Waals surface area (Å²) in [6.45, 7) is 11.0. The molecule has 30 heavy (non-hydrogen) atoms. The third kappa shape index (κ3) is 5.98. The van der Waals surface area contributed by atoms with Crippen molar-refractivity contribution in [2.45, 2.75) is 53.3 Å². The van der Waals surface area contributed by atoms with Crippen LogP contribution in [-0.2, 0) is 24.3 Å². The van der Waals surface area contributed by atoms with E-state index < -0.39 is 0 Å². The van der Waals surface area contributed by atoms with E-state index in [0.717, 1.165) is 36.4 Å². The van der Waals surface area contributed by atoms with Crippen LogP contribution in [0.15, 0.2) is 34.6 Å². The molecule has 0 bridgehead atoms. The second kappa shape index (κ2) is 10.5. The number of nitrogens with zero attached hydrogens (tertiary/aromatic N) is 2. The summed E-state index contributed by atoms with van der Waals surface area (Å²) in [5.41, 5.74) is 3.46. The number of guanidine groups is 1. The van der Waals surface area contributed by atoms with E-state index in [9.17, 15) is 4.79 Å². The van der Waals surface area contributed by atoms with Gasteiger partial charge in [-0.25, -0.2) is 4.99 Å². The zero-order valence-corrected chi connectivity index (χ0v) is 19.1. The highest BCUT2D eigenvalue weighted by molar-refractivity contribution is 7.10. The van der Waals surface area contributed by atoms with E-state index in [1.807, 2.05) is 31.7 Å². The molecule has 6 nitrogen and oxygen atoms in total. The number of benzene rings is 1. The van der Waals surface area contributed by atoms with Crippen LogP contribution in [0.25, 0.3) is 0 Å². The van der Waals surface area contributed by atoms with Gasteiger partial charge in [-0.1, -0.05) is 12.1 Å². The molecule has 2 aromatic rings. The maximum absolute atomic E-state index is 12.7. The number of aryl methyl sites for hydroxylation is 1. The molecule has 2 N–H and O–H groups in total.